The average molecular weight is 594 g/mol. The number of alkyl halides is 3. The van der Waals surface area contributed by atoms with Gasteiger partial charge in [-0.2, -0.15) is 13.2 Å². The number of anilines is 1. The van der Waals surface area contributed by atoms with Gasteiger partial charge in [0.25, 0.3) is 5.91 Å². The fraction of sp³-hybridized carbons (Fsp3) is 0.548. The molecule has 2 fully saturated rings. The molecule has 2 atom stereocenters. The van der Waals surface area contributed by atoms with Crippen molar-refractivity contribution in [3.8, 4) is 5.75 Å². The first-order valence-corrected chi connectivity index (χ1v) is 14.6. The molecule has 2 amide bonds. The van der Waals surface area contributed by atoms with E-state index in [0.717, 1.165) is 44.5 Å². The number of rotatable bonds is 7. The summed E-state index contributed by atoms with van der Waals surface area (Å²) in [4.78, 5) is 30.7. The standard InChI is InChI=1S/C31H39ClF3N3O3/c1-36(2)29(39)26-10-9-24(20-27(26)32)37-15-11-22(12-16-37)18-21-6-5-14-38(17-13-21)30(40)28(31(33,34)35)23-7-4-8-25(19-23)41-3/h4,7-10,19-22,28H,5-6,11-18H2,1-3H3. The molecule has 2 unspecified atom stereocenters. The number of methoxy groups -OCH3 is 1. The highest BCUT2D eigenvalue weighted by molar-refractivity contribution is 6.34. The molecule has 2 heterocycles. The number of likely N-dealkylation sites (tertiary alicyclic amines) is 1. The molecule has 224 valence electrons. The van der Waals surface area contributed by atoms with Crippen LogP contribution in [0.15, 0.2) is 42.5 Å². The third kappa shape index (κ3) is 7.67. The van der Waals surface area contributed by atoms with E-state index in [-0.39, 0.29) is 11.5 Å². The second-order valence-corrected chi connectivity index (χ2v) is 11.8. The second-order valence-electron chi connectivity index (χ2n) is 11.4. The van der Waals surface area contributed by atoms with E-state index in [1.165, 1.54) is 35.1 Å². The molecule has 0 radical (unpaired) electrons. The number of amides is 2. The maximum absolute atomic E-state index is 14.1. The van der Waals surface area contributed by atoms with Gasteiger partial charge in [-0.25, -0.2) is 0 Å². The highest BCUT2D eigenvalue weighted by atomic mass is 35.5. The fourth-order valence-corrected chi connectivity index (χ4v) is 6.37. The molecule has 2 aliphatic heterocycles. The zero-order valence-corrected chi connectivity index (χ0v) is 24.7. The van der Waals surface area contributed by atoms with Gasteiger partial charge in [-0.3, -0.25) is 9.59 Å². The Hall–Kier alpha value is -2.94. The largest absolute Gasteiger partial charge is 0.497 e. The van der Waals surface area contributed by atoms with Crippen LogP contribution in [0.2, 0.25) is 5.02 Å². The first-order valence-electron chi connectivity index (χ1n) is 14.2. The van der Waals surface area contributed by atoms with Crippen LogP contribution in [-0.2, 0) is 4.79 Å². The Bertz CT molecular complexity index is 1210. The van der Waals surface area contributed by atoms with Gasteiger partial charge in [-0.05, 0) is 86.3 Å². The van der Waals surface area contributed by atoms with Gasteiger partial charge >= 0.3 is 6.18 Å². The molecule has 0 saturated carbocycles. The lowest BCUT2D eigenvalue weighted by Gasteiger charge is -2.35. The van der Waals surface area contributed by atoms with Crippen LogP contribution in [0.5, 0.6) is 5.75 Å². The van der Waals surface area contributed by atoms with Crippen molar-refractivity contribution in [2.24, 2.45) is 11.8 Å². The zero-order valence-electron chi connectivity index (χ0n) is 23.9. The van der Waals surface area contributed by atoms with Crippen LogP contribution in [0.1, 0.15) is 60.4 Å². The fourth-order valence-electron chi connectivity index (χ4n) is 6.11. The van der Waals surface area contributed by atoms with Crippen LogP contribution in [0.3, 0.4) is 0 Å². The normalized spacial score (nSPS) is 19.4. The Labute approximate surface area is 245 Å². The lowest BCUT2D eigenvalue weighted by Crippen LogP contribution is -2.41. The van der Waals surface area contributed by atoms with Crippen LogP contribution in [0, 0.1) is 11.8 Å². The first kappa shape index (κ1) is 31.0. The topological polar surface area (TPSA) is 53.1 Å². The molecule has 41 heavy (non-hydrogen) atoms. The molecule has 0 spiro atoms. The van der Waals surface area contributed by atoms with E-state index in [2.05, 4.69) is 4.90 Å². The van der Waals surface area contributed by atoms with E-state index < -0.39 is 18.0 Å². The Morgan fingerprint density at radius 2 is 1.68 bits per heavy atom. The quantitative estimate of drug-likeness (QED) is 0.362. The number of carbonyl (C=O) groups is 2. The third-order valence-corrected chi connectivity index (χ3v) is 8.71. The summed E-state index contributed by atoms with van der Waals surface area (Å²) in [7, 11) is 4.79. The number of halogens is 4. The van der Waals surface area contributed by atoms with Crippen LogP contribution < -0.4 is 9.64 Å². The third-order valence-electron chi connectivity index (χ3n) is 8.40. The van der Waals surface area contributed by atoms with Gasteiger partial charge in [-0.1, -0.05) is 23.7 Å². The Morgan fingerprint density at radius 1 is 1.00 bits per heavy atom. The van der Waals surface area contributed by atoms with Crippen molar-refractivity contribution in [2.45, 2.75) is 50.6 Å². The summed E-state index contributed by atoms with van der Waals surface area (Å²) in [6, 6.07) is 11.3. The minimum absolute atomic E-state index is 0.0883. The number of nitrogens with zero attached hydrogens (tertiary/aromatic N) is 3. The SMILES string of the molecule is COc1cccc(C(C(=O)N2CCCC(CC3CCN(c4ccc(C(=O)N(C)C)c(Cl)c4)CC3)CC2)C(F)(F)F)c1. The molecule has 6 nitrogen and oxygen atoms in total. The van der Waals surface area contributed by atoms with Crippen LogP contribution in [0.25, 0.3) is 0 Å². The second kappa shape index (κ2) is 13.4. The van der Waals surface area contributed by atoms with Crippen molar-refractivity contribution in [3.63, 3.8) is 0 Å². The van der Waals surface area contributed by atoms with Gasteiger partial charge in [0, 0.05) is 46.0 Å². The number of hydrogen-bond donors (Lipinski definition) is 0. The van der Waals surface area contributed by atoms with Crippen molar-refractivity contribution in [1.29, 1.82) is 0 Å². The molecule has 2 aromatic carbocycles. The highest BCUT2D eigenvalue weighted by Crippen LogP contribution is 2.39. The molecular formula is C31H39ClF3N3O3. The van der Waals surface area contributed by atoms with Crippen molar-refractivity contribution in [3.05, 3.63) is 58.6 Å². The summed E-state index contributed by atoms with van der Waals surface area (Å²) in [5, 5.41) is 0.444. The summed E-state index contributed by atoms with van der Waals surface area (Å²) < 4.78 is 47.3. The minimum Gasteiger partial charge on any atom is -0.497 e. The Kier molecular flexibility index (Phi) is 10.1. The van der Waals surface area contributed by atoms with Gasteiger partial charge in [0.15, 0.2) is 5.92 Å². The lowest BCUT2D eigenvalue weighted by atomic mass is 9.84. The first-order chi connectivity index (χ1) is 19.5. The predicted molar refractivity (Wildman–Crippen MR) is 155 cm³/mol. The predicted octanol–water partition coefficient (Wildman–Crippen LogP) is 6.63. The van der Waals surface area contributed by atoms with Gasteiger partial charge in [0.2, 0.25) is 5.91 Å². The molecular weight excluding hydrogens is 555 g/mol. The van der Waals surface area contributed by atoms with Crippen LogP contribution >= 0.6 is 11.6 Å². The van der Waals surface area contributed by atoms with E-state index in [4.69, 9.17) is 16.3 Å². The van der Waals surface area contributed by atoms with E-state index in [1.54, 1.807) is 26.2 Å². The summed E-state index contributed by atoms with van der Waals surface area (Å²) in [5.41, 5.74) is 1.40. The summed E-state index contributed by atoms with van der Waals surface area (Å²) in [5.74, 6) is -1.98. The van der Waals surface area contributed by atoms with Crippen LogP contribution in [0.4, 0.5) is 18.9 Å². The van der Waals surface area contributed by atoms with E-state index in [0.29, 0.717) is 54.1 Å². The number of carbonyl (C=O) groups excluding carboxylic acids is 2. The molecule has 0 aliphatic carbocycles. The monoisotopic (exact) mass is 593 g/mol. The summed E-state index contributed by atoms with van der Waals surface area (Å²) in [6.07, 6.45) is 0.695. The maximum Gasteiger partial charge on any atom is 0.404 e. The Balaban J connectivity index is 1.31. The van der Waals surface area contributed by atoms with Crippen molar-refractivity contribution < 1.29 is 27.5 Å². The Morgan fingerprint density at radius 3 is 2.32 bits per heavy atom. The molecule has 0 N–H and O–H groups in total. The number of hydrogen-bond acceptors (Lipinski definition) is 4. The van der Waals surface area contributed by atoms with Gasteiger partial charge in [-0.15, -0.1) is 0 Å². The molecule has 10 heteroatoms. The van der Waals surface area contributed by atoms with Gasteiger partial charge < -0.3 is 19.4 Å². The molecule has 4 rings (SSSR count). The van der Waals surface area contributed by atoms with Crippen molar-refractivity contribution in [1.82, 2.24) is 9.80 Å². The maximum atomic E-state index is 14.1. The number of benzene rings is 2. The van der Waals surface area contributed by atoms with E-state index in [9.17, 15) is 22.8 Å². The smallest absolute Gasteiger partial charge is 0.404 e. The molecule has 2 aromatic rings. The number of piperidine rings is 1. The van der Waals surface area contributed by atoms with E-state index >= 15 is 0 Å². The summed E-state index contributed by atoms with van der Waals surface area (Å²) in [6.45, 7) is 2.45. The lowest BCUT2D eigenvalue weighted by molar-refractivity contribution is -0.172. The molecule has 2 aliphatic rings. The zero-order chi connectivity index (χ0) is 29.7. The molecule has 0 bridgehead atoms. The highest BCUT2D eigenvalue weighted by Gasteiger charge is 2.48. The van der Waals surface area contributed by atoms with Crippen molar-refractivity contribution >= 4 is 29.1 Å². The molecule has 0 aromatic heterocycles. The van der Waals surface area contributed by atoms with Crippen molar-refractivity contribution in [2.75, 3.05) is 52.3 Å². The minimum atomic E-state index is -4.68. The number of ether oxygens (including phenoxy) is 1. The average Bonchev–Trinajstić information content (AvgIpc) is 3.18. The van der Waals surface area contributed by atoms with E-state index in [1.807, 2.05) is 12.1 Å². The molecule has 2 saturated heterocycles. The van der Waals surface area contributed by atoms with Crippen LogP contribution in [-0.4, -0.2) is 75.2 Å². The van der Waals surface area contributed by atoms with Gasteiger partial charge in [0.05, 0.1) is 17.7 Å². The van der Waals surface area contributed by atoms with Gasteiger partial charge in [0.1, 0.15) is 5.75 Å². The summed E-state index contributed by atoms with van der Waals surface area (Å²) >= 11 is 6.42.